The van der Waals surface area contributed by atoms with E-state index < -0.39 is 84.5 Å². The average Bonchev–Trinajstić information content (AvgIpc) is 3.19. The SMILES string of the molecule is Cc1ccnc(N2C(=O)[C@@H](O)C[C@H]2C(=O)N(c2cc(F)cc(F)c2)[C@H](C(=O)NC2CC(F)(F)C2)c2ccccc2Cl)c1. The van der Waals surface area contributed by atoms with E-state index in [1.165, 1.54) is 30.5 Å². The van der Waals surface area contributed by atoms with Gasteiger partial charge in [0.05, 0.1) is 5.69 Å². The van der Waals surface area contributed by atoms with E-state index in [9.17, 15) is 37.1 Å². The van der Waals surface area contributed by atoms with Crippen LogP contribution < -0.4 is 15.1 Å². The smallest absolute Gasteiger partial charge is 0.257 e. The monoisotopic (exact) mass is 604 g/mol. The van der Waals surface area contributed by atoms with Crippen LogP contribution in [-0.4, -0.2) is 51.9 Å². The number of halogens is 5. The lowest BCUT2D eigenvalue weighted by Crippen LogP contribution is -2.56. The Kier molecular flexibility index (Phi) is 7.95. The summed E-state index contributed by atoms with van der Waals surface area (Å²) in [7, 11) is 0. The largest absolute Gasteiger partial charge is 0.383 e. The first-order chi connectivity index (χ1) is 19.8. The van der Waals surface area contributed by atoms with Crippen molar-refractivity contribution in [3.05, 3.63) is 88.6 Å². The highest BCUT2D eigenvalue weighted by Gasteiger charge is 2.50. The van der Waals surface area contributed by atoms with E-state index in [1.54, 1.807) is 19.1 Å². The summed E-state index contributed by atoms with van der Waals surface area (Å²) in [4.78, 5) is 47.2. The quantitative estimate of drug-likeness (QED) is 0.387. The lowest BCUT2D eigenvalue weighted by Gasteiger charge is -2.39. The number of aliphatic hydroxyl groups is 1. The summed E-state index contributed by atoms with van der Waals surface area (Å²) in [6, 6.07) is 7.18. The molecule has 0 spiro atoms. The van der Waals surface area contributed by atoms with Crippen LogP contribution in [0, 0.1) is 18.6 Å². The summed E-state index contributed by atoms with van der Waals surface area (Å²) < 4.78 is 56.3. The van der Waals surface area contributed by atoms with Gasteiger partial charge >= 0.3 is 0 Å². The van der Waals surface area contributed by atoms with Crippen LogP contribution in [0.15, 0.2) is 60.8 Å². The third-order valence-electron chi connectivity index (χ3n) is 7.22. The van der Waals surface area contributed by atoms with Crippen LogP contribution in [0.4, 0.5) is 29.1 Å². The summed E-state index contributed by atoms with van der Waals surface area (Å²) in [6.45, 7) is 1.72. The lowest BCUT2D eigenvalue weighted by molar-refractivity contribution is -0.133. The number of aryl methyl sites for hydroxylation is 1. The molecule has 220 valence electrons. The van der Waals surface area contributed by atoms with Gasteiger partial charge in [-0.05, 0) is 42.8 Å². The number of hydrogen-bond donors (Lipinski definition) is 2. The van der Waals surface area contributed by atoms with Crippen LogP contribution in [0.5, 0.6) is 0 Å². The van der Waals surface area contributed by atoms with Crippen LogP contribution in [0.25, 0.3) is 0 Å². The molecule has 5 rings (SSSR count). The standard InChI is InChI=1S/C29H25ClF4N4O4/c1-15-6-7-35-24(8-15)38-22(12-23(39)28(38)42)27(41)37(19-10-16(31)9-17(32)11-19)25(20-4-2-3-5-21(20)30)26(40)36-18-13-29(33,34)14-18/h2-11,18,22-23,25,39H,12-14H2,1H3,(H,36,40)/t22-,23-,25-/m0/s1. The maximum absolute atomic E-state index is 14.5. The minimum Gasteiger partial charge on any atom is -0.383 e. The fourth-order valence-electron chi connectivity index (χ4n) is 5.25. The number of benzene rings is 2. The van der Waals surface area contributed by atoms with Crippen LogP contribution in [0.1, 0.15) is 36.4 Å². The molecule has 2 heterocycles. The number of amides is 3. The Morgan fingerprint density at radius 1 is 1.12 bits per heavy atom. The number of aromatic nitrogens is 1. The van der Waals surface area contributed by atoms with Gasteiger partial charge in [0, 0.05) is 48.2 Å². The molecule has 2 fully saturated rings. The molecule has 0 unspecified atom stereocenters. The second-order valence-electron chi connectivity index (χ2n) is 10.4. The number of rotatable bonds is 7. The van der Waals surface area contributed by atoms with Crippen LogP contribution in [0.3, 0.4) is 0 Å². The van der Waals surface area contributed by atoms with E-state index >= 15 is 0 Å². The van der Waals surface area contributed by atoms with Gasteiger partial charge in [-0.3, -0.25) is 24.2 Å². The van der Waals surface area contributed by atoms with Crippen LogP contribution in [0.2, 0.25) is 5.02 Å². The Bertz CT molecular complexity index is 1530. The van der Waals surface area contributed by atoms with Crippen molar-refractivity contribution in [3.8, 4) is 0 Å². The molecule has 0 radical (unpaired) electrons. The number of hydrogen-bond acceptors (Lipinski definition) is 5. The van der Waals surface area contributed by atoms with Crippen molar-refractivity contribution in [2.75, 3.05) is 9.80 Å². The molecule has 0 bridgehead atoms. The summed E-state index contributed by atoms with van der Waals surface area (Å²) in [5.74, 6) is -7.85. The molecule has 2 aliphatic rings. The zero-order valence-electron chi connectivity index (χ0n) is 22.1. The van der Waals surface area contributed by atoms with E-state index in [-0.39, 0.29) is 16.4 Å². The Hall–Kier alpha value is -4.03. The molecule has 1 aliphatic carbocycles. The first kappa shape index (κ1) is 29.5. The Morgan fingerprint density at radius 2 is 1.79 bits per heavy atom. The number of pyridine rings is 1. The maximum atomic E-state index is 14.5. The number of nitrogens with zero attached hydrogens (tertiary/aromatic N) is 3. The highest BCUT2D eigenvalue weighted by atomic mass is 35.5. The zero-order chi connectivity index (χ0) is 30.3. The third-order valence-corrected chi connectivity index (χ3v) is 7.56. The van der Waals surface area contributed by atoms with E-state index in [2.05, 4.69) is 10.3 Å². The molecule has 3 amide bonds. The minimum atomic E-state index is -2.97. The second kappa shape index (κ2) is 11.3. The molecule has 42 heavy (non-hydrogen) atoms. The predicted octanol–water partition coefficient (Wildman–Crippen LogP) is 4.48. The molecule has 8 nitrogen and oxygen atoms in total. The molecule has 1 saturated heterocycles. The van der Waals surface area contributed by atoms with Crippen molar-refractivity contribution in [3.63, 3.8) is 0 Å². The topological polar surface area (TPSA) is 103 Å². The van der Waals surface area contributed by atoms with E-state index in [0.29, 0.717) is 11.6 Å². The maximum Gasteiger partial charge on any atom is 0.257 e. The molecule has 2 N–H and O–H groups in total. The van der Waals surface area contributed by atoms with Crippen LogP contribution >= 0.6 is 11.6 Å². The molecule has 3 atom stereocenters. The van der Waals surface area contributed by atoms with Crippen molar-refractivity contribution < 1.29 is 37.1 Å². The third kappa shape index (κ3) is 5.82. The molecule has 2 aromatic carbocycles. The molecular formula is C29H25ClF4N4O4. The van der Waals surface area contributed by atoms with Gasteiger partial charge in [0.2, 0.25) is 5.91 Å². The molecule has 13 heteroatoms. The fraction of sp³-hybridized carbons (Fsp3) is 0.310. The van der Waals surface area contributed by atoms with Gasteiger partial charge in [0.25, 0.3) is 17.7 Å². The summed E-state index contributed by atoms with van der Waals surface area (Å²) in [5.41, 5.74) is 0.323. The van der Waals surface area contributed by atoms with Crippen molar-refractivity contribution in [2.24, 2.45) is 0 Å². The number of anilines is 2. The van der Waals surface area contributed by atoms with Gasteiger partial charge in [-0.15, -0.1) is 0 Å². The van der Waals surface area contributed by atoms with Gasteiger partial charge in [0.15, 0.2) is 0 Å². The number of carbonyl (C=O) groups excluding carboxylic acids is 3. The van der Waals surface area contributed by atoms with Gasteiger partial charge in [-0.25, -0.2) is 22.5 Å². The van der Waals surface area contributed by atoms with Gasteiger partial charge < -0.3 is 10.4 Å². The fourth-order valence-corrected chi connectivity index (χ4v) is 5.49. The van der Waals surface area contributed by atoms with Crippen molar-refractivity contribution in [2.45, 2.75) is 56.3 Å². The second-order valence-corrected chi connectivity index (χ2v) is 10.8. The van der Waals surface area contributed by atoms with Crippen molar-refractivity contribution >= 4 is 40.8 Å². The zero-order valence-corrected chi connectivity index (χ0v) is 22.9. The Labute approximate surface area is 242 Å². The van der Waals surface area contributed by atoms with Crippen molar-refractivity contribution in [1.29, 1.82) is 0 Å². The highest BCUT2D eigenvalue weighted by Crippen LogP contribution is 2.40. The van der Waals surface area contributed by atoms with Crippen LogP contribution in [-0.2, 0) is 14.4 Å². The molecular weight excluding hydrogens is 580 g/mol. The van der Waals surface area contributed by atoms with Gasteiger partial charge in [-0.2, -0.15) is 0 Å². The first-order valence-corrected chi connectivity index (χ1v) is 13.4. The minimum absolute atomic E-state index is 0.00556. The predicted molar refractivity (Wildman–Crippen MR) is 145 cm³/mol. The summed E-state index contributed by atoms with van der Waals surface area (Å²) >= 11 is 6.44. The average molecular weight is 605 g/mol. The Balaban J connectivity index is 1.65. The number of aliphatic hydroxyl groups excluding tert-OH is 1. The number of carbonyl (C=O) groups is 3. The Morgan fingerprint density at radius 3 is 2.40 bits per heavy atom. The molecule has 3 aromatic rings. The number of nitrogens with one attached hydrogen (secondary N) is 1. The van der Waals surface area contributed by atoms with Crippen molar-refractivity contribution in [1.82, 2.24) is 10.3 Å². The lowest BCUT2D eigenvalue weighted by atomic mass is 9.87. The number of alkyl halides is 2. The summed E-state index contributed by atoms with van der Waals surface area (Å²) in [6.07, 6.45) is -1.90. The van der Waals surface area contributed by atoms with Gasteiger partial charge in [-0.1, -0.05) is 29.8 Å². The normalized spacial score (nSPS) is 20.6. The van der Waals surface area contributed by atoms with E-state index in [1.807, 2.05) is 0 Å². The summed E-state index contributed by atoms with van der Waals surface area (Å²) in [5, 5.41) is 13.0. The van der Waals surface area contributed by atoms with E-state index in [4.69, 9.17) is 11.6 Å². The molecule has 1 aromatic heterocycles. The molecule has 1 aliphatic heterocycles. The molecule has 1 saturated carbocycles. The highest BCUT2D eigenvalue weighted by molar-refractivity contribution is 6.31. The first-order valence-electron chi connectivity index (χ1n) is 13.0. The van der Waals surface area contributed by atoms with Gasteiger partial charge in [0.1, 0.15) is 35.6 Å². The van der Waals surface area contributed by atoms with E-state index in [0.717, 1.165) is 21.9 Å².